The van der Waals surface area contributed by atoms with Crippen LogP contribution in [0.2, 0.25) is 5.02 Å². The van der Waals surface area contributed by atoms with Gasteiger partial charge in [0.05, 0.1) is 5.02 Å². The SMILES string of the molecule is CC1(C)CN(C2CCN(C(=O)c3oc4ccccc4c3Cl)CC2)C1. The van der Waals surface area contributed by atoms with E-state index >= 15 is 0 Å². The summed E-state index contributed by atoms with van der Waals surface area (Å²) in [7, 11) is 0. The Morgan fingerprint density at radius 2 is 1.88 bits per heavy atom. The van der Waals surface area contributed by atoms with Gasteiger partial charge in [-0.1, -0.05) is 37.6 Å². The van der Waals surface area contributed by atoms with Crippen LogP contribution in [0.15, 0.2) is 28.7 Å². The zero-order valence-electron chi connectivity index (χ0n) is 14.2. The van der Waals surface area contributed by atoms with Crippen molar-refractivity contribution in [2.75, 3.05) is 26.2 Å². The standard InChI is InChI=1S/C19H23ClN2O2/c1-19(2)11-22(12-19)13-7-9-21(10-8-13)18(23)17-16(20)14-5-3-4-6-15(14)24-17/h3-6,13H,7-12H2,1-2H3. The fourth-order valence-corrected chi connectivity index (χ4v) is 4.32. The minimum atomic E-state index is -0.0846. The molecule has 0 unspecified atom stereocenters. The summed E-state index contributed by atoms with van der Waals surface area (Å²) >= 11 is 6.36. The number of fused-ring (bicyclic) bond motifs is 1. The van der Waals surface area contributed by atoms with Gasteiger partial charge in [-0.3, -0.25) is 9.69 Å². The van der Waals surface area contributed by atoms with Crippen molar-refractivity contribution in [3.63, 3.8) is 0 Å². The zero-order valence-corrected chi connectivity index (χ0v) is 15.0. The number of piperidine rings is 1. The molecule has 5 heteroatoms. The minimum absolute atomic E-state index is 0.0846. The highest BCUT2D eigenvalue weighted by Crippen LogP contribution is 2.35. The lowest BCUT2D eigenvalue weighted by Gasteiger charge is -2.51. The number of likely N-dealkylation sites (tertiary alicyclic amines) is 2. The lowest BCUT2D eigenvalue weighted by Crippen LogP contribution is -2.59. The van der Waals surface area contributed by atoms with Crippen LogP contribution < -0.4 is 0 Å². The summed E-state index contributed by atoms with van der Waals surface area (Å²) in [6.45, 7) is 8.50. The van der Waals surface area contributed by atoms with Gasteiger partial charge in [-0.15, -0.1) is 0 Å². The van der Waals surface area contributed by atoms with E-state index in [1.165, 1.54) is 13.1 Å². The maximum absolute atomic E-state index is 12.8. The molecule has 2 aliphatic heterocycles. The Labute approximate surface area is 147 Å². The second-order valence-corrected chi connectivity index (χ2v) is 8.21. The van der Waals surface area contributed by atoms with E-state index in [2.05, 4.69) is 18.7 Å². The molecule has 128 valence electrons. The van der Waals surface area contributed by atoms with Gasteiger partial charge in [0.2, 0.25) is 5.76 Å². The molecule has 1 amide bonds. The first kappa shape index (κ1) is 16.0. The van der Waals surface area contributed by atoms with Crippen molar-refractivity contribution in [2.24, 2.45) is 5.41 Å². The summed E-state index contributed by atoms with van der Waals surface area (Å²) in [6, 6.07) is 8.12. The largest absolute Gasteiger partial charge is 0.449 e. The van der Waals surface area contributed by atoms with Crippen molar-refractivity contribution in [3.05, 3.63) is 35.0 Å². The maximum Gasteiger partial charge on any atom is 0.291 e. The number of para-hydroxylation sites is 1. The molecule has 0 bridgehead atoms. The second kappa shape index (κ2) is 5.78. The summed E-state index contributed by atoms with van der Waals surface area (Å²) in [5.41, 5.74) is 1.12. The molecule has 1 aromatic heterocycles. The Kier molecular flexibility index (Phi) is 3.85. The molecular formula is C19H23ClN2O2. The predicted molar refractivity (Wildman–Crippen MR) is 95.5 cm³/mol. The van der Waals surface area contributed by atoms with E-state index in [-0.39, 0.29) is 11.7 Å². The van der Waals surface area contributed by atoms with Gasteiger partial charge in [-0.25, -0.2) is 0 Å². The highest BCUT2D eigenvalue weighted by molar-refractivity contribution is 6.38. The molecule has 4 rings (SSSR count). The first-order chi connectivity index (χ1) is 11.4. The summed E-state index contributed by atoms with van der Waals surface area (Å²) in [5, 5.41) is 1.24. The van der Waals surface area contributed by atoms with Crippen molar-refractivity contribution in [1.82, 2.24) is 9.80 Å². The van der Waals surface area contributed by atoms with Crippen LogP contribution in [0.3, 0.4) is 0 Å². The van der Waals surface area contributed by atoms with Crippen molar-refractivity contribution in [2.45, 2.75) is 32.7 Å². The highest BCUT2D eigenvalue weighted by Gasteiger charge is 2.39. The summed E-state index contributed by atoms with van der Waals surface area (Å²) in [4.78, 5) is 17.2. The van der Waals surface area contributed by atoms with Crippen LogP contribution in [-0.4, -0.2) is 47.9 Å². The topological polar surface area (TPSA) is 36.7 Å². The number of amides is 1. The number of rotatable bonds is 2. The lowest BCUT2D eigenvalue weighted by atomic mass is 9.82. The molecule has 0 atom stereocenters. The fourth-order valence-electron chi connectivity index (χ4n) is 4.04. The summed E-state index contributed by atoms with van der Waals surface area (Å²) in [6.07, 6.45) is 2.05. The van der Waals surface area contributed by atoms with Crippen LogP contribution >= 0.6 is 11.6 Å². The molecule has 4 nitrogen and oxygen atoms in total. The number of halogens is 1. The third-order valence-corrected chi connectivity index (χ3v) is 5.63. The molecule has 2 saturated heterocycles. The van der Waals surface area contributed by atoms with Gasteiger partial charge in [0, 0.05) is 37.6 Å². The van der Waals surface area contributed by atoms with E-state index in [1.807, 2.05) is 29.2 Å². The Morgan fingerprint density at radius 1 is 1.21 bits per heavy atom. The van der Waals surface area contributed by atoms with Crippen molar-refractivity contribution in [3.8, 4) is 0 Å². The molecule has 2 aliphatic rings. The monoisotopic (exact) mass is 346 g/mol. The van der Waals surface area contributed by atoms with Crippen LogP contribution in [0, 0.1) is 5.41 Å². The second-order valence-electron chi connectivity index (χ2n) is 7.83. The van der Waals surface area contributed by atoms with Crippen LogP contribution in [0.25, 0.3) is 11.0 Å². The summed E-state index contributed by atoms with van der Waals surface area (Å²) < 4.78 is 5.71. The average Bonchev–Trinajstić information content (AvgIpc) is 2.89. The quantitative estimate of drug-likeness (QED) is 0.823. The van der Waals surface area contributed by atoms with Gasteiger partial charge >= 0.3 is 0 Å². The summed E-state index contributed by atoms with van der Waals surface area (Å²) in [5.74, 6) is 0.194. The van der Waals surface area contributed by atoms with E-state index in [9.17, 15) is 4.79 Å². The molecule has 2 aromatic rings. The Balaban J connectivity index is 1.43. The van der Waals surface area contributed by atoms with E-state index in [4.69, 9.17) is 16.0 Å². The predicted octanol–water partition coefficient (Wildman–Crippen LogP) is 4.03. The molecule has 0 aliphatic carbocycles. The van der Waals surface area contributed by atoms with E-state index < -0.39 is 0 Å². The number of furan rings is 1. The molecule has 0 saturated carbocycles. The molecular weight excluding hydrogens is 324 g/mol. The molecule has 3 heterocycles. The molecule has 24 heavy (non-hydrogen) atoms. The van der Waals surface area contributed by atoms with Gasteiger partial charge < -0.3 is 9.32 Å². The maximum atomic E-state index is 12.8. The zero-order chi connectivity index (χ0) is 16.9. The van der Waals surface area contributed by atoms with Crippen LogP contribution in [0.4, 0.5) is 0 Å². The Hall–Kier alpha value is -1.52. The number of carbonyl (C=O) groups excluding carboxylic acids is 1. The third-order valence-electron chi connectivity index (χ3n) is 5.26. The van der Waals surface area contributed by atoms with E-state index in [1.54, 1.807) is 0 Å². The van der Waals surface area contributed by atoms with Crippen molar-refractivity contribution < 1.29 is 9.21 Å². The first-order valence-electron chi connectivity index (χ1n) is 8.65. The number of carbonyl (C=O) groups is 1. The van der Waals surface area contributed by atoms with Gasteiger partial charge in [-0.05, 0) is 30.4 Å². The molecule has 0 N–H and O–H groups in total. The van der Waals surface area contributed by atoms with Gasteiger partial charge in [-0.2, -0.15) is 0 Å². The molecule has 2 fully saturated rings. The van der Waals surface area contributed by atoms with Crippen molar-refractivity contribution in [1.29, 1.82) is 0 Å². The Bertz CT molecular complexity index is 767. The van der Waals surface area contributed by atoms with Crippen LogP contribution in [0.1, 0.15) is 37.2 Å². The van der Waals surface area contributed by atoms with Crippen LogP contribution in [0.5, 0.6) is 0 Å². The lowest BCUT2D eigenvalue weighted by molar-refractivity contribution is -0.0251. The molecule has 1 aromatic carbocycles. The van der Waals surface area contributed by atoms with Crippen molar-refractivity contribution >= 4 is 28.5 Å². The number of hydrogen-bond acceptors (Lipinski definition) is 3. The smallest absolute Gasteiger partial charge is 0.291 e. The average molecular weight is 347 g/mol. The minimum Gasteiger partial charge on any atom is -0.449 e. The van der Waals surface area contributed by atoms with E-state index in [0.29, 0.717) is 22.1 Å². The van der Waals surface area contributed by atoms with Gasteiger partial charge in [0.25, 0.3) is 5.91 Å². The third kappa shape index (κ3) is 2.72. The molecule has 0 spiro atoms. The number of nitrogens with zero attached hydrogens (tertiary/aromatic N) is 2. The fraction of sp³-hybridized carbons (Fsp3) is 0.526. The number of hydrogen-bond donors (Lipinski definition) is 0. The molecule has 0 radical (unpaired) electrons. The van der Waals surface area contributed by atoms with Gasteiger partial charge in [0.1, 0.15) is 5.58 Å². The Morgan fingerprint density at radius 3 is 2.50 bits per heavy atom. The van der Waals surface area contributed by atoms with E-state index in [0.717, 1.165) is 31.3 Å². The highest BCUT2D eigenvalue weighted by atomic mass is 35.5. The van der Waals surface area contributed by atoms with Gasteiger partial charge in [0.15, 0.2) is 0 Å². The normalized spacial score (nSPS) is 21.9. The van der Waals surface area contributed by atoms with Crippen LogP contribution in [-0.2, 0) is 0 Å². The number of benzene rings is 1. The first-order valence-corrected chi connectivity index (χ1v) is 9.03.